The smallest absolute Gasteiger partial charge is 0.251 e. The number of nitrogens with zero attached hydrogens (tertiary/aromatic N) is 1. The standard InChI is InChI=1S/C12H17ClN4OS/c1-19-9-4-2-3-8(9)15-12(18)7-5-10(13)16-11(6-7)17-14/h5-6,8-9H,2-4,14H2,1H3,(H,15,18)(H,16,17). The summed E-state index contributed by atoms with van der Waals surface area (Å²) in [5.41, 5.74) is 2.87. The van der Waals surface area contributed by atoms with Gasteiger partial charge in [0.15, 0.2) is 0 Å². The average molecular weight is 301 g/mol. The molecule has 2 rings (SSSR count). The van der Waals surface area contributed by atoms with Crippen LogP contribution in [0.2, 0.25) is 5.15 Å². The van der Waals surface area contributed by atoms with Gasteiger partial charge in [-0.1, -0.05) is 18.0 Å². The summed E-state index contributed by atoms with van der Waals surface area (Å²) in [5.74, 6) is 5.54. The van der Waals surface area contributed by atoms with E-state index in [2.05, 4.69) is 22.0 Å². The van der Waals surface area contributed by atoms with E-state index in [1.807, 2.05) is 0 Å². The molecular formula is C12H17ClN4OS. The fourth-order valence-corrected chi connectivity index (χ4v) is 3.47. The second-order valence-corrected chi connectivity index (χ2v) is 5.96. The maximum Gasteiger partial charge on any atom is 0.251 e. The molecule has 1 fully saturated rings. The number of hydrogen-bond acceptors (Lipinski definition) is 5. The number of amides is 1. The van der Waals surface area contributed by atoms with Gasteiger partial charge in [-0.05, 0) is 31.2 Å². The number of hydrogen-bond donors (Lipinski definition) is 3. The molecular weight excluding hydrogens is 284 g/mol. The number of carbonyl (C=O) groups excluding carboxylic acids is 1. The number of carbonyl (C=O) groups is 1. The van der Waals surface area contributed by atoms with Gasteiger partial charge in [0.05, 0.1) is 0 Å². The Balaban J connectivity index is 2.09. The van der Waals surface area contributed by atoms with E-state index in [-0.39, 0.29) is 17.1 Å². The lowest BCUT2D eigenvalue weighted by atomic mass is 10.2. The molecule has 5 nitrogen and oxygen atoms in total. The van der Waals surface area contributed by atoms with Crippen molar-refractivity contribution in [3.63, 3.8) is 0 Å². The van der Waals surface area contributed by atoms with Crippen molar-refractivity contribution in [3.8, 4) is 0 Å². The number of rotatable bonds is 4. The molecule has 1 heterocycles. The number of halogens is 1. The van der Waals surface area contributed by atoms with Crippen molar-refractivity contribution in [2.45, 2.75) is 30.6 Å². The summed E-state index contributed by atoms with van der Waals surface area (Å²) in [4.78, 5) is 16.1. The first-order chi connectivity index (χ1) is 9.13. The quantitative estimate of drug-likeness (QED) is 0.450. The van der Waals surface area contributed by atoms with Gasteiger partial charge in [0.2, 0.25) is 0 Å². The van der Waals surface area contributed by atoms with Crippen molar-refractivity contribution < 1.29 is 4.79 Å². The zero-order valence-corrected chi connectivity index (χ0v) is 12.2. The fraction of sp³-hybridized carbons (Fsp3) is 0.500. The van der Waals surface area contributed by atoms with Gasteiger partial charge in [-0.2, -0.15) is 11.8 Å². The lowest BCUT2D eigenvalue weighted by Gasteiger charge is -2.19. The summed E-state index contributed by atoms with van der Waals surface area (Å²) >= 11 is 7.66. The fourth-order valence-electron chi connectivity index (χ4n) is 2.33. The maximum absolute atomic E-state index is 12.2. The summed E-state index contributed by atoms with van der Waals surface area (Å²) in [7, 11) is 0. The lowest BCUT2D eigenvalue weighted by Crippen LogP contribution is -2.38. The van der Waals surface area contributed by atoms with Gasteiger partial charge in [0.25, 0.3) is 5.91 Å². The number of hydrazine groups is 1. The molecule has 4 N–H and O–H groups in total. The van der Waals surface area contributed by atoms with Crippen molar-refractivity contribution in [2.24, 2.45) is 5.84 Å². The molecule has 1 aliphatic carbocycles. The monoisotopic (exact) mass is 300 g/mol. The summed E-state index contributed by atoms with van der Waals surface area (Å²) in [6.07, 6.45) is 5.41. The number of pyridine rings is 1. The molecule has 0 spiro atoms. The molecule has 0 bridgehead atoms. The van der Waals surface area contributed by atoms with Gasteiger partial charge in [0, 0.05) is 16.9 Å². The zero-order valence-electron chi connectivity index (χ0n) is 10.6. The second-order valence-electron chi connectivity index (χ2n) is 4.49. The molecule has 0 radical (unpaired) electrons. The highest BCUT2D eigenvalue weighted by Crippen LogP contribution is 2.28. The van der Waals surface area contributed by atoms with Gasteiger partial charge in [-0.15, -0.1) is 0 Å². The molecule has 0 aliphatic heterocycles. The van der Waals surface area contributed by atoms with Gasteiger partial charge in [-0.25, -0.2) is 10.8 Å². The maximum atomic E-state index is 12.2. The van der Waals surface area contributed by atoms with Crippen LogP contribution in [0.15, 0.2) is 12.1 Å². The van der Waals surface area contributed by atoms with Crippen LogP contribution in [0.1, 0.15) is 29.6 Å². The van der Waals surface area contributed by atoms with Gasteiger partial charge in [-0.3, -0.25) is 4.79 Å². The van der Waals surface area contributed by atoms with E-state index < -0.39 is 0 Å². The van der Waals surface area contributed by atoms with Crippen molar-refractivity contribution in [2.75, 3.05) is 11.7 Å². The highest BCUT2D eigenvalue weighted by atomic mass is 35.5. The topological polar surface area (TPSA) is 80.0 Å². The van der Waals surface area contributed by atoms with Crippen LogP contribution < -0.4 is 16.6 Å². The van der Waals surface area contributed by atoms with Crippen LogP contribution in [-0.4, -0.2) is 28.4 Å². The molecule has 2 atom stereocenters. The summed E-state index contributed by atoms with van der Waals surface area (Å²) in [6.45, 7) is 0. The SMILES string of the molecule is CSC1CCCC1NC(=O)c1cc(Cl)nc(NN)c1. The van der Waals surface area contributed by atoms with E-state index in [9.17, 15) is 4.79 Å². The number of anilines is 1. The minimum atomic E-state index is -0.133. The minimum absolute atomic E-state index is 0.133. The molecule has 0 aromatic carbocycles. The molecule has 2 unspecified atom stereocenters. The first-order valence-corrected chi connectivity index (χ1v) is 7.78. The first-order valence-electron chi connectivity index (χ1n) is 6.12. The van der Waals surface area contributed by atoms with E-state index in [0.29, 0.717) is 16.6 Å². The third kappa shape index (κ3) is 3.52. The number of thioether (sulfide) groups is 1. The van der Waals surface area contributed by atoms with Crippen LogP contribution in [0.3, 0.4) is 0 Å². The van der Waals surface area contributed by atoms with Gasteiger partial charge in [0.1, 0.15) is 11.0 Å². The number of aromatic nitrogens is 1. The largest absolute Gasteiger partial charge is 0.348 e. The van der Waals surface area contributed by atoms with Crippen LogP contribution in [0.4, 0.5) is 5.82 Å². The average Bonchev–Trinajstić information content (AvgIpc) is 2.85. The van der Waals surface area contributed by atoms with Crippen molar-refractivity contribution >= 4 is 35.1 Å². The summed E-state index contributed by atoms with van der Waals surface area (Å²) < 4.78 is 0. The van der Waals surface area contributed by atoms with Crippen LogP contribution in [-0.2, 0) is 0 Å². The second kappa shape index (κ2) is 6.45. The number of nitrogens with one attached hydrogen (secondary N) is 2. The van der Waals surface area contributed by atoms with Crippen molar-refractivity contribution in [1.29, 1.82) is 0 Å². The Morgan fingerprint density at radius 2 is 2.32 bits per heavy atom. The zero-order chi connectivity index (χ0) is 13.8. The molecule has 1 amide bonds. The predicted molar refractivity (Wildman–Crippen MR) is 79.5 cm³/mol. The van der Waals surface area contributed by atoms with Gasteiger partial charge < -0.3 is 10.7 Å². The Labute approximate surface area is 121 Å². The van der Waals surface area contributed by atoms with E-state index in [0.717, 1.165) is 19.3 Å². The highest BCUT2D eigenvalue weighted by Gasteiger charge is 2.28. The normalized spacial score (nSPS) is 22.3. The number of nitrogens with two attached hydrogens (primary N) is 1. The lowest BCUT2D eigenvalue weighted by molar-refractivity contribution is 0.0938. The van der Waals surface area contributed by atoms with Crippen LogP contribution in [0, 0.1) is 0 Å². The van der Waals surface area contributed by atoms with Crippen LogP contribution in [0.5, 0.6) is 0 Å². The molecule has 1 aliphatic rings. The minimum Gasteiger partial charge on any atom is -0.348 e. The summed E-state index contributed by atoms with van der Waals surface area (Å²) in [6, 6.07) is 3.36. The molecule has 19 heavy (non-hydrogen) atoms. The molecule has 0 saturated heterocycles. The Kier molecular flexibility index (Phi) is 4.90. The van der Waals surface area contributed by atoms with E-state index in [4.69, 9.17) is 17.4 Å². The summed E-state index contributed by atoms with van der Waals surface area (Å²) in [5, 5.41) is 3.80. The van der Waals surface area contributed by atoms with Crippen LogP contribution >= 0.6 is 23.4 Å². The Hall–Kier alpha value is -0.980. The third-order valence-corrected chi connectivity index (χ3v) is 4.64. The van der Waals surface area contributed by atoms with Crippen LogP contribution in [0.25, 0.3) is 0 Å². The first kappa shape index (κ1) is 14.4. The Morgan fingerprint density at radius 3 is 3.00 bits per heavy atom. The third-order valence-electron chi connectivity index (χ3n) is 3.28. The molecule has 104 valence electrons. The molecule has 1 aromatic heterocycles. The molecule has 1 saturated carbocycles. The van der Waals surface area contributed by atoms with E-state index in [1.165, 1.54) is 0 Å². The van der Waals surface area contributed by atoms with Crippen molar-refractivity contribution in [3.05, 3.63) is 22.8 Å². The van der Waals surface area contributed by atoms with E-state index in [1.54, 1.807) is 23.9 Å². The van der Waals surface area contributed by atoms with E-state index >= 15 is 0 Å². The Morgan fingerprint density at radius 1 is 1.53 bits per heavy atom. The predicted octanol–water partition coefficient (Wildman–Crippen LogP) is 2.03. The molecule has 7 heteroatoms. The van der Waals surface area contributed by atoms with Crippen molar-refractivity contribution in [1.82, 2.24) is 10.3 Å². The van der Waals surface area contributed by atoms with Gasteiger partial charge >= 0.3 is 0 Å². The highest BCUT2D eigenvalue weighted by molar-refractivity contribution is 7.99. The molecule has 1 aromatic rings. The number of nitrogen functional groups attached to an aromatic ring is 1. The Bertz CT molecular complexity index is 471.